The van der Waals surface area contributed by atoms with E-state index in [2.05, 4.69) is 15.1 Å². The second-order valence-electron chi connectivity index (χ2n) is 6.80. The van der Waals surface area contributed by atoms with Gasteiger partial charge in [-0.05, 0) is 37.3 Å². The van der Waals surface area contributed by atoms with Crippen LogP contribution in [0.25, 0.3) is 11.4 Å². The summed E-state index contributed by atoms with van der Waals surface area (Å²) in [6, 6.07) is 12.6. The molecular weight excluding hydrogens is 462 g/mol. The lowest BCUT2D eigenvalue weighted by Gasteiger charge is -2.08. The molecule has 4 aromatic rings. The van der Waals surface area contributed by atoms with Gasteiger partial charge in [0, 0.05) is 21.6 Å². The van der Waals surface area contributed by atoms with Gasteiger partial charge in [0.25, 0.3) is 5.89 Å². The van der Waals surface area contributed by atoms with Crippen molar-refractivity contribution in [3.63, 3.8) is 0 Å². The van der Waals surface area contributed by atoms with E-state index in [1.807, 2.05) is 24.4 Å². The zero-order chi connectivity index (χ0) is 23.2. The predicted octanol–water partition coefficient (Wildman–Crippen LogP) is 5.17. The average Bonchev–Trinajstić information content (AvgIpc) is 3.49. The molecular formula is C23H21N3O5S2. The number of hydrogen-bond donors (Lipinski definition) is 0. The van der Waals surface area contributed by atoms with Crippen LogP contribution in [0.1, 0.15) is 27.0 Å². The number of ether oxygens (including phenoxy) is 3. The molecule has 4 rings (SSSR count). The molecule has 0 spiro atoms. The van der Waals surface area contributed by atoms with Gasteiger partial charge in [-0.2, -0.15) is 4.98 Å². The Morgan fingerprint density at radius 3 is 2.67 bits per heavy atom. The lowest BCUT2D eigenvalue weighted by molar-refractivity contribution is 0.0425. The molecule has 10 heteroatoms. The van der Waals surface area contributed by atoms with Crippen molar-refractivity contribution in [2.45, 2.75) is 24.2 Å². The first kappa shape index (κ1) is 22.8. The fraction of sp³-hybridized carbons (Fsp3) is 0.217. The number of methoxy groups -OCH3 is 2. The first-order valence-corrected chi connectivity index (χ1v) is 11.8. The smallest absolute Gasteiger partial charge is 0.339 e. The molecule has 8 nitrogen and oxygen atoms in total. The Labute approximate surface area is 198 Å². The molecule has 0 saturated heterocycles. The van der Waals surface area contributed by atoms with Crippen LogP contribution in [0.4, 0.5) is 0 Å². The van der Waals surface area contributed by atoms with Crippen LogP contribution in [0.2, 0.25) is 0 Å². The maximum absolute atomic E-state index is 12.7. The highest BCUT2D eigenvalue weighted by Gasteiger charge is 2.17. The van der Waals surface area contributed by atoms with E-state index in [1.165, 1.54) is 0 Å². The summed E-state index contributed by atoms with van der Waals surface area (Å²) in [6.07, 6.45) is 0. The van der Waals surface area contributed by atoms with Crippen LogP contribution in [0, 0.1) is 6.92 Å². The minimum atomic E-state index is -0.460. The van der Waals surface area contributed by atoms with Crippen molar-refractivity contribution in [2.24, 2.45) is 0 Å². The quantitative estimate of drug-likeness (QED) is 0.236. The fourth-order valence-corrected chi connectivity index (χ4v) is 4.65. The maximum Gasteiger partial charge on any atom is 0.339 e. The molecule has 0 aliphatic carbocycles. The summed E-state index contributed by atoms with van der Waals surface area (Å²) >= 11 is 3.15. The normalized spacial score (nSPS) is 10.8. The first-order chi connectivity index (χ1) is 16.1. The molecule has 0 aliphatic rings. The molecule has 0 radical (unpaired) electrons. The van der Waals surface area contributed by atoms with Crippen LogP contribution >= 0.6 is 23.1 Å². The van der Waals surface area contributed by atoms with Crippen molar-refractivity contribution in [2.75, 3.05) is 14.2 Å². The van der Waals surface area contributed by atoms with Crippen LogP contribution in [0.3, 0.4) is 0 Å². The Balaban J connectivity index is 1.40. The third-order valence-electron chi connectivity index (χ3n) is 4.59. The van der Waals surface area contributed by atoms with E-state index in [4.69, 9.17) is 18.7 Å². The SMILES string of the molecule is COc1ccc(-c2noc(COC(=O)c3ccccc3SCc3csc(C)n3)n2)cc1OC. The molecule has 2 aromatic carbocycles. The second kappa shape index (κ2) is 10.5. The molecule has 0 atom stereocenters. The van der Waals surface area contributed by atoms with E-state index in [9.17, 15) is 4.79 Å². The number of esters is 1. The summed E-state index contributed by atoms with van der Waals surface area (Å²) in [5, 5.41) is 7.01. The summed E-state index contributed by atoms with van der Waals surface area (Å²) in [6.45, 7) is 1.83. The van der Waals surface area contributed by atoms with Gasteiger partial charge in [-0.25, -0.2) is 9.78 Å². The Morgan fingerprint density at radius 1 is 1.09 bits per heavy atom. The van der Waals surface area contributed by atoms with Crippen LogP contribution in [0.15, 0.2) is 57.3 Å². The molecule has 2 aromatic heterocycles. The summed E-state index contributed by atoms with van der Waals surface area (Å²) in [7, 11) is 3.12. The van der Waals surface area contributed by atoms with Gasteiger partial charge in [0.2, 0.25) is 5.82 Å². The second-order valence-corrected chi connectivity index (χ2v) is 8.88. The highest BCUT2D eigenvalue weighted by molar-refractivity contribution is 7.98. The maximum atomic E-state index is 12.7. The van der Waals surface area contributed by atoms with E-state index < -0.39 is 5.97 Å². The van der Waals surface area contributed by atoms with E-state index in [0.29, 0.717) is 34.2 Å². The van der Waals surface area contributed by atoms with Crippen LogP contribution in [-0.2, 0) is 17.1 Å². The number of benzene rings is 2. The van der Waals surface area contributed by atoms with Gasteiger partial charge >= 0.3 is 5.97 Å². The van der Waals surface area contributed by atoms with Crippen LogP contribution < -0.4 is 9.47 Å². The number of aryl methyl sites for hydroxylation is 1. The van der Waals surface area contributed by atoms with Gasteiger partial charge < -0.3 is 18.7 Å². The third-order valence-corrected chi connectivity index (χ3v) is 6.52. The Morgan fingerprint density at radius 2 is 1.91 bits per heavy atom. The van der Waals surface area contributed by atoms with Crippen molar-refractivity contribution in [1.82, 2.24) is 15.1 Å². The van der Waals surface area contributed by atoms with Gasteiger partial charge in [-0.1, -0.05) is 17.3 Å². The minimum absolute atomic E-state index is 0.136. The number of hydrogen-bond acceptors (Lipinski definition) is 10. The van der Waals surface area contributed by atoms with E-state index in [1.54, 1.807) is 67.7 Å². The van der Waals surface area contributed by atoms with Crippen molar-refractivity contribution < 1.29 is 23.5 Å². The molecule has 170 valence electrons. The monoisotopic (exact) mass is 483 g/mol. The summed E-state index contributed by atoms with van der Waals surface area (Å²) in [5.74, 6) is 1.91. The molecule has 33 heavy (non-hydrogen) atoms. The van der Waals surface area contributed by atoms with Gasteiger partial charge in [-0.3, -0.25) is 0 Å². The van der Waals surface area contributed by atoms with E-state index >= 15 is 0 Å². The number of thiazole rings is 1. The molecule has 0 saturated carbocycles. The molecule has 0 fully saturated rings. The number of carbonyl (C=O) groups excluding carboxylic acids is 1. The minimum Gasteiger partial charge on any atom is -0.493 e. The van der Waals surface area contributed by atoms with Gasteiger partial charge in [-0.15, -0.1) is 23.1 Å². The number of rotatable bonds is 9. The zero-order valence-corrected chi connectivity index (χ0v) is 19.9. The first-order valence-electron chi connectivity index (χ1n) is 9.92. The van der Waals surface area contributed by atoms with Gasteiger partial charge in [0.15, 0.2) is 18.1 Å². The van der Waals surface area contributed by atoms with Crippen molar-refractivity contribution >= 4 is 29.1 Å². The fourth-order valence-electron chi connectivity index (χ4n) is 3.00. The summed E-state index contributed by atoms with van der Waals surface area (Å²) in [4.78, 5) is 22.3. The summed E-state index contributed by atoms with van der Waals surface area (Å²) < 4.78 is 21.2. The Hall–Kier alpha value is -3.37. The molecule has 0 unspecified atom stereocenters. The number of aromatic nitrogens is 3. The lowest BCUT2D eigenvalue weighted by atomic mass is 10.2. The number of carbonyl (C=O) groups is 1. The molecule has 0 N–H and O–H groups in total. The third kappa shape index (κ3) is 5.52. The standard InChI is InChI=1S/C23H21N3O5S2/c1-14-24-16(12-32-14)13-33-20-7-5-4-6-17(20)23(27)30-11-21-25-22(26-31-21)15-8-9-18(28-2)19(10-15)29-3/h4-10,12H,11,13H2,1-3H3. The van der Waals surface area contributed by atoms with E-state index in [-0.39, 0.29) is 12.5 Å². The topological polar surface area (TPSA) is 96.6 Å². The molecule has 0 bridgehead atoms. The largest absolute Gasteiger partial charge is 0.493 e. The summed E-state index contributed by atoms with van der Waals surface area (Å²) in [5.41, 5.74) is 2.15. The lowest BCUT2D eigenvalue weighted by Crippen LogP contribution is -2.07. The van der Waals surface area contributed by atoms with Crippen LogP contribution in [0.5, 0.6) is 11.5 Å². The average molecular weight is 484 g/mol. The Kier molecular flexibility index (Phi) is 7.26. The van der Waals surface area contributed by atoms with Crippen molar-refractivity contribution in [3.8, 4) is 22.9 Å². The number of thioether (sulfide) groups is 1. The zero-order valence-electron chi connectivity index (χ0n) is 18.2. The predicted molar refractivity (Wildman–Crippen MR) is 125 cm³/mol. The van der Waals surface area contributed by atoms with E-state index in [0.717, 1.165) is 15.6 Å². The van der Waals surface area contributed by atoms with Gasteiger partial charge in [0.1, 0.15) is 0 Å². The van der Waals surface area contributed by atoms with Gasteiger partial charge in [0.05, 0.1) is 30.5 Å². The highest BCUT2D eigenvalue weighted by Crippen LogP contribution is 2.31. The molecule has 0 aliphatic heterocycles. The highest BCUT2D eigenvalue weighted by atomic mass is 32.2. The van der Waals surface area contributed by atoms with Crippen molar-refractivity contribution in [1.29, 1.82) is 0 Å². The van der Waals surface area contributed by atoms with Crippen LogP contribution in [-0.4, -0.2) is 35.3 Å². The molecule has 2 heterocycles. The van der Waals surface area contributed by atoms with Crippen molar-refractivity contribution in [3.05, 3.63) is 70.0 Å². The Bertz CT molecular complexity index is 1250. The number of nitrogens with zero attached hydrogens (tertiary/aromatic N) is 3. The molecule has 0 amide bonds.